The highest BCUT2D eigenvalue weighted by molar-refractivity contribution is 6.02. The van der Waals surface area contributed by atoms with E-state index in [1.165, 1.54) is 106 Å². The summed E-state index contributed by atoms with van der Waals surface area (Å²) in [5, 5.41) is 1.35. The fourth-order valence-electron chi connectivity index (χ4n) is 11.2. The Bertz CT molecular complexity index is 3730. The molecule has 326 valence electrons. The van der Waals surface area contributed by atoms with E-state index in [0.29, 0.717) is 0 Å². The summed E-state index contributed by atoms with van der Waals surface area (Å²) >= 11 is 0. The van der Waals surface area contributed by atoms with Crippen molar-refractivity contribution in [2.24, 2.45) is 0 Å². The molecule has 11 aromatic rings. The highest BCUT2D eigenvalue weighted by atomic mass is 15.1. The molecule has 0 atom stereocenters. The van der Waals surface area contributed by atoms with Crippen LogP contribution in [0.3, 0.4) is 0 Å². The van der Waals surface area contributed by atoms with Crippen molar-refractivity contribution in [3.8, 4) is 61.3 Å². The van der Waals surface area contributed by atoms with E-state index in [4.69, 9.17) is 0 Å². The van der Waals surface area contributed by atoms with Gasteiger partial charge in [0.25, 0.3) is 0 Å². The second kappa shape index (κ2) is 17.2. The van der Waals surface area contributed by atoms with Crippen molar-refractivity contribution in [2.45, 2.75) is 19.3 Å². The van der Waals surface area contributed by atoms with Crippen LogP contribution in [-0.4, -0.2) is 4.57 Å². The number of para-hydroxylation sites is 3. The number of rotatable bonds is 9. The number of fused-ring (bicyclic) bond motifs is 6. The standard InChI is InChI=1S/C67H48N2/c1-4-18-46(19-5-1)47-36-39-56(40-37-47)68(54-25-6-2-7-26-54)57-29-15-21-49(44-57)48-20-14-22-50(42-48)59-33-16-23-52-43-53-24-17-34-63(67(53)66(52)59)60-31-11-10-30-58(60)51-38-41-62-61-32-12-13-35-64(61)69(65(62)45-51)55-27-8-3-9-28-55/h1-37,39-40,42,44-45H,38,41,43H2. The first-order valence-corrected chi connectivity index (χ1v) is 24.2. The van der Waals surface area contributed by atoms with Gasteiger partial charge >= 0.3 is 0 Å². The smallest absolute Gasteiger partial charge is 0.0537 e. The lowest BCUT2D eigenvalue weighted by atomic mass is 9.84. The van der Waals surface area contributed by atoms with Gasteiger partial charge in [-0.3, -0.25) is 0 Å². The molecule has 0 amide bonds. The minimum Gasteiger partial charge on any atom is -0.310 e. The van der Waals surface area contributed by atoms with Crippen LogP contribution in [0.2, 0.25) is 0 Å². The maximum atomic E-state index is 2.48. The molecule has 1 aromatic heterocycles. The number of hydrogen-bond donors (Lipinski definition) is 0. The zero-order valence-corrected chi connectivity index (χ0v) is 38.3. The van der Waals surface area contributed by atoms with Crippen LogP contribution in [0.5, 0.6) is 0 Å². The van der Waals surface area contributed by atoms with E-state index in [2.05, 4.69) is 264 Å². The Morgan fingerprint density at radius 3 is 1.67 bits per heavy atom. The van der Waals surface area contributed by atoms with Crippen molar-refractivity contribution in [1.29, 1.82) is 0 Å². The molecule has 10 aromatic carbocycles. The third-order valence-electron chi connectivity index (χ3n) is 14.3. The SMILES string of the molecule is C1=C(c2ccccc2-c2cccc3c2-c2c(cccc2-c2cccc(-c4cccc(N(c5ccccc5)c5ccc(-c6ccccc6)cc5)c4)c2)C3)CCc2c1n(-c1ccccc1)c1ccccc21. The predicted molar refractivity (Wildman–Crippen MR) is 291 cm³/mol. The van der Waals surface area contributed by atoms with Crippen molar-refractivity contribution < 1.29 is 0 Å². The van der Waals surface area contributed by atoms with Crippen LogP contribution in [-0.2, 0) is 12.8 Å². The van der Waals surface area contributed by atoms with Gasteiger partial charge in [0.15, 0.2) is 0 Å². The molecular weight excluding hydrogens is 833 g/mol. The van der Waals surface area contributed by atoms with Crippen LogP contribution in [0.15, 0.2) is 249 Å². The minimum atomic E-state index is 0.918. The Labute approximate surface area is 404 Å². The predicted octanol–water partition coefficient (Wildman–Crippen LogP) is 17.8. The lowest BCUT2D eigenvalue weighted by Gasteiger charge is -2.26. The van der Waals surface area contributed by atoms with Gasteiger partial charge in [0.1, 0.15) is 0 Å². The molecule has 1 heterocycles. The second-order valence-electron chi connectivity index (χ2n) is 18.3. The number of anilines is 3. The molecule has 0 spiro atoms. The monoisotopic (exact) mass is 880 g/mol. The van der Waals surface area contributed by atoms with E-state index in [9.17, 15) is 0 Å². The first-order chi connectivity index (χ1) is 34.2. The van der Waals surface area contributed by atoms with Crippen molar-refractivity contribution in [3.63, 3.8) is 0 Å². The summed E-state index contributed by atoms with van der Waals surface area (Å²) in [6.45, 7) is 0. The van der Waals surface area contributed by atoms with Crippen molar-refractivity contribution in [3.05, 3.63) is 277 Å². The first kappa shape index (κ1) is 40.5. The van der Waals surface area contributed by atoms with Gasteiger partial charge in [-0.25, -0.2) is 0 Å². The van der Waals surface area contributed by atoms with Gasteiger partial charge in [-0.15, -0.1) is 0 Å². The number of allylic oxidation sites excluding steroid dienone is 1. The summed E-state index contributed by atoms with van der Waals surface area (Å²) in [7, 11) is 0. The number of benzene rings is 10. The Morgan fingerprint density at radius 1 is 0.348 bits per heavy atom. The molecule has 0 bridgehead atoms. The van der Waals surface area contributed by atoms with Gasteiger partial charge in [-0.2, -0.15) is 0 Å². The van der Waals surface area contributed by atoms with Gasteiger partial charge in [-0.05, 0) is 169 Å². The molecule has 2 aliphatic carbocycles. The maximum absolute atomic E-state index is 2.48. The molecule has 0 unspecified atom stereocenters. The van der Waals surface area contributed by atoms with Gasteiger partial charge in [-0.1, -0.05) is 188 Å². The third kappa shape index (κ3) is 7.21. The lowest BCUT2D eigenvalue weighted by Crippen LogP contribution is -2.09. The molecule has 2 nitrogen and oxygen atoms in total. The Kier molecular flexibility index (Phi) is 10.1. The molecule has 0 N–H and O–H groups in total. The summed E-state index contributed by atoms with van der Waals surface area (Å²) in [6.07, 6.45) is 5.39. The average molecular weight is 881 g/mol. The van der Waals surface area contributed by atoms with Crippen LogP contribution >= 0.6 is 0 Å². The number of nitrogens with zero attached hydrogens (tertiary/aromatic N) is 2. The molecule has 0 saturated carbocycles. The minimum absolute atomic E-state index is 0.918. The van der Waals surface area contributed by atoms with Crippen LogP contribution in [0.1, 0.15) is 34.4 Å². The Morgan fingerprint density at radius 2 is 0.884 bits per heavy atom. The zero-order valence-electron chi connectivity index (χ0n) is 38.3. The number of aryl methyl sites for hydroxylation is 1. The Balaban J connectivity index is 0.883. The highest BCUT2D eigenvalue weighted by Gasteiger charge is 2.28. The zero-order chi connectivity index (χ0) is 45.7. The number of hydrogen-bond acceptors (Lipinski definition) is 1. The quantitative estimate of drug-likeness (QED) is 0.140. The van der Waals surface area contributed by atoms with E-state index in [0.717, 1.165) is 36.3 Å². The molecule has 2 heteroatoms. The van der Waals surface area contributed by atoms with E-state index in [1.807, 2.05) is 0 Å². The van der Waals surface area contributed by atoms with Crippen LogP contribution < -0.4 is 4.90 Å². The fraction of sp³-hybridized carbons (Fsp3) is 0.0448. The van der Waals surface area contributed by atoms with Gasteiger partial charge in [0.05, 0.1) is 11.2 Å². The number of aromatic nitrogens is 1. The highest BCUT2D eigenvalue weighted by Crippen LogP contribution is 2.50. The fourth-order valence-corrected chi connectivity index (χ4v) is 11.2. The summed E-state index contributed by atoms with van der Waals surface area (Å²) in [4.78, 5) is 2.35. The van der Waals surface area contributed by atoms with Gasteiger partial charge in [0.2, 0.25) is 0 Å². The summed E-state index contributed by atoms with van der Waals surface area (Å²) < 4.78 is 2.46. The largest absolute Gasteiger partial charge is 0.310 e. The van der Waals surface area contributed by atoms with E-state index >= 15 is 0 Å². The molecule has 13 rings (SSSR count). The molecule has 2 aliphatic rings. The summed E-state index contributed by atoms with van der Waals surface area (Å²) in [5.41, 5.74) is 26.6. The van der Waals surface area contributed by atoms with Crippen molar-refractivity contribution in [2.75, 3.05) is 4.90 Å². The Hall–Kier alpha value is -8.72. The molecule has 0 aliphatic heterocycles. The van der Waals surface area contributed by atoms with Gasteiger partial charge < -0.3 is 9.47 Å². The van der Waals surface area contributed by atoms with Crippen LogP contribution in [0, 0.1) is 0 Å². The van der Waals surface area contributed by atoms with E-state index < -0.39 is 0 Å². The topological polar surface area (TPSA) is 8.17 Å². The maximum Gasteiger partial charge on any atom is 0.0537 e. The first-order valence-electron chi connectivity index (χ1n) is 24.2. The summed E-state index contributed by atoms with van der Waals surface area (Å²) in [5.74, 6) is 0. The van der Waals surface area contributed by atoms with E-state index in [-0.39, 0.29) is 0 Å². The third-order valence-corrected chi connectivity index (χ3v) is 14.3. The van der Waals surface area contributed by atoms with Crippen molar-refractivity contribution >= 4 is 39.6 Å². The molecule has 0 saturated heterocycles. The average Bonchev–Trinajstić information content (AvgIpc) is 3.98. The lowest BCUT2D eigenvalue weighted by molar-refractivity contribution is 0.981. The van der Waals surface area contributed by atoms with Gasteiger partial charge in [0, 0.05) is 28.1 Å². The second-order valence-corrected chi connectivity index (χ2v) is 18.3. The van der Waals surface area contributed by atoms with E-state index in [1.54, 1.807) is 0 Å². The van der Waals surface area contributed by atoms with Crippen LogP contribution in [0.4, 0.5) is 17.1 Å². The molecule has 0 radical (unpaired) electrons. The van der Waals surface area contributed by atoms with Crippen LogP contribution in [0.25, 0.3) is 83.9 Å². The summed E-state index contributed by atoms with van der Waals surface area (Å²) in [6, 6.07) is 91.1. The normalized spacial score (nSPS) is 12.6. The molecular formula is C67H48N2. The molecule has 0 fully saturated rings. The van der Waals surface area contributed by atoms with Crippen molar-refractivity contribution in [1.82, 2.24) is 4.57 Å². The molecule has 69 heavy (non-hydrogen) atoms.